The fraction of sp³-hybridized carbons (Fsp3) is 0.240. The van der Waals surface area contributed by atoms with Crippen LogP contribution in [-0.2, 0) is 40.3 Å². The molecule has 0 fully saturated rings. The summed E-state index contributed by atoms with van der Waals surface area (Å²) in [5.41, 5.74) is 4.05. The van der Waals surface area contributed by atoms with Crippen LogP contribution in [0, 0.1) is 17.1 Å². The van der Waals surface area contributed by atoms with Gasteiger partial charge in [-0.2, -0.15) is 5.26 Å². The maximum Gasteiger partial charge on any atom is 0.309 e. The van der Waals surface area contributed by atoms with E-state index in [1.54, 1.807) is 12.1 Å². The molecule has 0 aliphatic carbocycles. The second kappa shape index (κ2) is 12.6. The van der Waals surface area contributed by atoms with Crippen LogP contribution in [0.4, 0.5) is 4.39 Å². The highest BCUT2D eigenvalue weighted by Gasteiger charge is 2.11. The van der Waals surface area contributed by atoms with Gasteiger partial charge in [0, 0.05) is 10.5 Å². The molecule has 0 spiro atoms. The third-order valence-corrected chi connectivity index (χ3v) is 6.04. The van der Waals surface area contributed by atoms with Gasteiger partial charge in [0.15, 0.2) is 5.82 Å². The first-order valence-electron chi connectivity index (χ1n) is 10.3. The van der Waals surface area contributed by atoms with Crippen LogP contribution in [0.3, 0.4) is 0 Å². The molecule has 0 bridgehead atoms. The number of pyridine rings is 1. The number of benzene rings is 2. The van der Waals surface area contributed by atoms with Gasteiger partial charge < -0.3 is 14.2 Å². The Hall–Kier alpha value is -2.80. The van der Waals surface area contributed by atoms with E-state index < -0.39 is 5.82 Å². The lowest BCUT2D eigenvalue weighted by atomic mass is 10.0. The van der Waals surface area contributed by atoms with Crippen LogP contribution in [0.2, 0.25) is 0 Å². The van der Waals surface area contributed by atoms with Crippen molar-refractivity contribution in [2.45, 2.75) is 26.1 Å². The molecule has 3 rings (SSSR count). The molecule has 1 aromatic heterocycles. The molecule has 0 saturated heterocycles. The zero-order chi connectivity index (χ0) is 24.5. The van der Waals surface area contributed by atoms with E-state index in [0.717, 1.165) is 26.7 Å². The number of nitriles is 1. The number of nitrogens with zero attached hydrogens (tertiary/aromatic N) is 2. The van der Waals surface area contributed by atoms with Gasteiger partial charge in [0.25, 0.3) is 0 Å². The molecule has 0 aliphatic rings. The normalized spacial score (nSPS) is 10.6. The molecule has 0 unspecified atom stereocenters. The highest BCUT2D eigenvalue weighted by molar-refractivity contribution is 9.10. The van der Waals surface area contributed by atoms with Gasteiger partial charge >= 0.3 is 5.97 Å². The van der Waals surface area contributed by atoms with Crippen LogP contribution < -0.4 is 4.74 Å². The van der Waals surface area contributed by atoms with Gasteiger partial charge in [0.05, 0.1) is 38.4 Å². The first kappa shape index (κ1) is 25.8. The number of carbonyl (C=O) groups excluding carboxylic acids is 1. The second-order valence-corrected chi connectivity index (χ2v) is 8.94. The number of carbonyl (C=O) groups is 1. The number of halogens is 3. The summed E-state index contributed by atoms with van der Waals surface area (Å²) in [6.45, 7) is 0.927. The van der Waals surface area contributed by atoms with Gasteiger partial charge in [0.1, 0.15) is 11.2 Å². The third kappa shape index (κ3) is 7.35. The van der Waals surface area contributed by atoms with E-state index in [1.807, 2.05) is 24.3 Å². The van der Waals surface area contributed by atoms with Crippen molar-refractivity contribution in [2.75, 3.05) is 13.7 Å². The Morgan fingerprint density at radius 1 is 1.03 bits per heavy atom. The van der Waals surface area contributed by atoms with E-state index in [-0.39, 0.29) is 29.5 Å². The Kier molecular flexibility index (Phi) is 9.57. The number of hydrogen-bond acceptors (Lipinski definition) is 6. The lowest BCUT2D eigenvalue weighted by molar-refractivity contribution is -0.139. The Labute approximate surface area is 213 Å². The summed E-state index contributed by atoms with van der Waals surface area (Å²) in [5, 5.41) is 9.28. The molecular formula is C25H21Br2FN2O4. The van der Waals surface area contributed by atoms with Crippen LogP contribution in [0.1, 0.15) is 27.8 Å². The molecule has 2 aromatic carbocycles. The fourth-order valence-electron chi connectivity index (χ4n) is 3.19. The lowest BCUT2D eigenvalue weighted by Crippen LogP contribution is -2.09. The van der Waals surface area contributed by atoms with Crippen molar-refractivity contribution in [3.05, 3.63) is 91.2 Å². The number of esters is 1. The zero-order valence-electron chi connectivity index (χ0n) is 18.3. The molecule has 0 atom stereocenters. The number of hydrogen-bond donors (Lipinski definition) is 0. The summed E-state index contributed by atoms with van der Waals surface area (Å²) in [6.07, 6.45) is 0.719. The molecule has 6 nitrogen and oxygen atoms in total. The smallest absolute Gasteiger partial charge is 0.309 e. The first-order chi connectivity index (χ1) is 16.4. The predicted molar refractivity (Wildman–Crippen MR) is 131 cm³/mol. The number of methoxy groups -OCH3 is 1. The minimum atomic E-state index is -0.469. The summed E-state index contributed by atoms with van der Waals surface area (Å²) in [4.78, 5) is 15.7. The van der Waals surface area contributed by atoms with Gasteiger partial charge in [-0.15, -0.1) is 0 Å². The molecule has 176 valence electrons. The molecule has 0 amide bonds. The lowest BCUT2D eigenvalue weighted by Gasteiger charge is -2.13. The van der Waals surface area contributed by atoms with Gasteiger partial charge in [-0.1, -0.05) is 28.1 Å². The Morgan fingerprint density at radius 3 is 2.56 bits per heavy atom. The molecule has 0 saturated carbocycles. The minimum Gasteiger partial charge on any atom is -0.473 e. The molecule has 0 N–H and O–H groups in total. The quantitative estimate of drug-likeness (QED) is 0.172. The predicted octanol–water partition coefficient (Wildman–Crippen LogP) is 5.67. The van der Waals surface area contributed by atoms with Gasteiger partial charge in [-0.3, -0.25) is 4.79 Å². The minimum absolute atomic E-state index is 0.0811. The summed E-state index contributed by atoms with van der Waals surface area (Å²) in [7, 11) is 1.36. The number of rotatable bonds is 10. The number of aromatic nitrogens is 1. The summed E-state index contributed by atoms with van der Waals surface area (Å²) in [5.74, 6) is -0.499. The van der Waals surface area contributed by atoms with E-state index in [2.05, 4.69) is 42.9 Å². The average Bonchev–Trinajstić information content (AvgIpc) is 2.84. The first-order valence-corrected chi connectivity index (χ1v) is 11.9. The Bertz CT molecular complexity index is 1210. The van der Waals surface area contributed by atoms with Crippen molar-refractivity contribution in [1.82, 2.24) is 4.98 Å². The SMILES string of the molecule is COC(=O)Cc1ccc(Br)cc1COCCc1cc(C#N)ccc1COc1ccc(F)c(Br)n1. The van der Waals surface area contributed by atoms with E-state index >= 15 is 0 Å². The topological polar surface area (TPSA) is 81.4 Å². The van der Waals surface area contributed by atoms with Crippen LogP contribution in [0.15, 0.2) is 57.6 Å². The van der Waals surface area contributed by atoms with Crippen molar-refractivity contribution in [1.29, 1.82) is 5.26 Å². The Balaban J connectivity index is 1.64. The highest BCUT2D eigenvalue weighted by Crippen LogP contribution is 2.21. The molecule has 1 heterocycles. The van der Waals surface area contributed by atoms with Gasteiger partial charge in [0.2, 0.25) is 5.88 Å². The number of ether oxygens (including phenoxy) is 3. The van der Waals surface area contributed by atoms with Crippen LogP contribution >= 0.6 is 31.9 Å². The van der Waals surface area contributed by atoms with Gasteiger partial charge in [-0.25, -0.2) is 9.37 Å². The van der Waals surface area contributed by atoms with Crippen molar-refractivity contribution in [2.24, 2.45) is 0 Å². The van der Waals surface area contributed by atoms with Crippen molar-refractivity contribution < 1.29 is 23.4 Å². The summed E-state index contributed by atoms with van der Waals surface area (Å²) >= 11 is 6.50. The largest absolute Gasteiger partial charge is 0.473 e. The van der Waals surface area contributed by atoms with E-state index in [9.17, 15) is 14.4 Å². The monoisotopic (exact) mass is 590 g/mol. The molecule has 0 radical (unpaired) electrons. The summed E-state index contributed by atoms with van der Waals surface area (Å²) in [6, 6.07) is 15.9. The highest BCUT2D eigenvalue weighted by atomic mass is 79.9. The third-order valence-electron chi connectivity index (χ3n) is 4.99. The molecular weight excluding hydrogens is 571 g/mol. The molecule has 34 heavy (non-hydrogen) atoms. The molecule has 0 aliphatic heterocycles. The maximum atomic E-state index is 13.4. The van der Waals surface area contributed by atoms with Crippen LogP contribution in [0.5, 0.6) is 5.88 Å². The summed E-state index contributed by atoms with van der Waals surface area (Å²) < 4.78 is 30.8. The Morgan fingerprint density at radius 2 is 1.82 bits per heavy atom. The second-order valence-electron chi connectivity index (χ2n) is 7.27. The zero-order valence-corrected chi connectivity index (χ0v) is 21.5. The van der Waals surface area contributed by atoms with Crippen molar-refractivity contribution in [3.8, 4) is 11.9 Å². The molecule has 3 aromatic rings. The van der Waals surface area contributed by atoms with Gasteiger partial charge in [-0.05, 0) is 74.9 Å². The van der Waals surface area contributed by atoms with Crippen molar-refractivity contribution >= 4 is 37.8 Å². The fourth-order valence-corrected chi connectivity index (χ4v) is 3.91. The van der Waals surface area contributed by atoms with Crippen LogP contribution in [-0.4, -0.2) is 24.7 Å². The van der Waals surface area contributed by atoms with Crippen LogP contribution in [0.25, 0.3) is 0 Å². The average molecular weight is 592 g/mol. The standard InChI is InChI=1S/C25H21Br2FN2O4/c1-32-24(31)12-17-4-5-21(26)11-20(17)14-33-9-8-18-10-16(13-29)2-3-19(18)15-34-23-7-6-22(28)25(27)30-23/h2-7,10-11H,8-9,12,14-15H2,1H3. The van der Waals surface area contributed by atoms with Crippen molar-refractivity contribution in [3.63, 3.8) is 0 Å². The van der Waals surface area contributed by atoms with E-state index in [1.165, 1.54) is 19.2 Å². The van der Waals surface area contributed by atoms with E-state index in [4.69, 9.17) is 14.2 Å². The van der Waals surface area contributed by atoms with E-state index in [0.29, 0.717) is 25.2 Å². The molecule has 9 heteroatoms. The maximum absolute atomic E-state index is 13.4.